The molecule has 2 fully saturated rings. The smallest absolute Gasteiger partial charge is 0.225 e. The number of aryl methyl sites for hydroxylation is 1. The van der Waals surface area contributed by atoms with Crippen molar-refractivity contribution in [3.63, 3.8) is 0 Å². The molecule has 1 amide bonds. The van der Waals surface area contributed by atoms with Crippen LogP contribution in [0.1, 0.15) is 25.7 Å². The van der Waals surface area contributed by atoms with E-state index in [4.69, 9.17) is 5.73 Å². The normalized spacial score (nSPS) is 27.0. The Morgan fingerprint density at radius 1 is 1.29 bits per heavy atom. The second-order valence-electron chi connectivity index (χ2n) is 6.31. The van der Waals surface area contributed by atoms with Gasteiger partial charge in [0.05, 0.1) is 11.9 Å². The molecule has 1 aromatic rings. The van der Waals surface area contributed by atoms with Gasteiger partial charge in [-0.3, -0.25) is 9.48 Å². The summed E-state index contributed by atoms with van der Waals surface area (Å²) in [7, 11) is 1.93. The summed E-state index contributed by atoms with van der Waals surface area (Å²) in [6, 6.07) is 0.212. The summed E-state index contributed by atoms with van der Waals surface area (Å²) in [4.78, 5) is 16.9. The monoisotopic (exact) mass is 291 g/mol. The van der Waals surface area contributed by atoms with E-state index < -0.39 is 0 Å². The van der Waals surface area contributed by atoms with Crippen molar-refractivity contribution in [2.45, 2.75) is 31.7 Å². The lowest BCUT2D eigenvalue weighted by molar-refractivity contribution is -0.137. The van der Waals surface area contributed by atoms with Crippen molar-refractivity contribution in [3.05, 3.63) is 12.4 Å². The largest absolute Gasteiger partial charge is 0.365 e. The van der Waals surface area contributed by atoms with Crippen molar-refractivity contribution in [1.82, 2.24) is 14.7 Å². The van der Waals surface area contributed by atoms with Crippen LogP contribution < -0.4 is 10.6 Å². The number of amides is 1. The highest BCUT2D eigenvalue weighted by molar-refractivity contribution is 5.79. The van der Waals surface area contributed by atoms with Gasteiger partial charge in [0.2, 0.25) is 5.91 Å². The van der Waals surface area contributed by atoms with E-state index in [9.17, 15) is 4.79 Å². The summed E-state index contributed by atoms with van der Waals surface area (Å²) in [5.74, 6) is 0.467. The molecule has 21 heavy (non-hydrogen) atoms. The van der Waals surface area contributed by atoms with E-state index in [0.29, 0.717) is 5.91 Å². The summed E-state index contributed by atoms with van der Waals surface area (Å²) in [5.41, 5.74) is 7.15. The third kappa shape index (κ3) is 3.20. The molecule has 0 unspecified atom stereocenters. The molecule has 116 valence electrons. The van der Waals surface area contributed by atoms with Crippen LogP contribution in [0.3, 0.4) is 0 Å². The SMILES string of the molecule is Cn1cc(N2CCN(C(=O)[C@@H]3CCC[C@@H](N)C3)CC2)cn1. The van der Waals surface area contributed by atoms with Crippen LogP contribution in [0.25, 0.3) is 0 Å². The molecule has 2 N–H and O–H groups in total. The van der Waals surface area contributed by atoms with Gasteiger partial charge in [-0.05, 0) is 19.3 Å². The highest BCUT2D eigenvalue weighted by Crippen LogP contribution is 2.26. The van der Waals surface area contributed by atoms with Gasteiger partial charge >= 0.3 is 0 Å². The van der Waals surface area contributed by atoms with E-state index >= 15 is 0 Å². The van der Waals surface area contributed by atoms with Crippen LogP contribution in [0, 0.1) is 5.92 Å². The summed E-state index contributed by atoms with van der Waals surface area (Å²) in [5, 5.41) is 4.21. The van der Waals surface area contributed by atoms with Crippen LogP contribution >= 0.6 is 0 Å². The zero-order chi connectivity index (χ0) is 14.8. The first-order valence-electron chi connectivity index (χ1n) is 7.91. The Hall–Kier alpha value is -1.56. The van der Waals surface area contributed by atoms with Crippen LogP contribution in [0.4, 0.5) is 5.69 Å². The minimum absolute atomic E-state index is 0.152. The molecule has 1 aromatic heterocycles. The van der Waals surface area contributed by atoms with Crippen LogP contribution in [0.5, 0.6) is 0 Å². The van der Waals surface area contributed by atoms with E-state index in [0.717, 1.165) is 57.5 Å². The van der Waals surface area contributed by atoms with Crippen molar-refractivity contribution >= 4 is 11.6 Å². The van der Waals surface area contributed by atoms with E-state index in [-0.39, 0.29) is 12.0 Å². The number of carbonyl (C=O) groups excluding carboxylic acids is 1. The van der Waals surface area contributed by atoms with E-state index in [2.05, 4.69) is 10.00 Å². The molecule has 1 aliphatic heterocycles. The number of hydrogen-bond donors (Lipinski definition) is 1. The predicted molar refractivity (Wildman–Crippen MR) is 81.9 cm³/mol. The predicted octanol–water partition coefficient (Wildman–Crippen LogP) is 0.586. The van der Waals surface area contributed by atoms with Gasteiger partial charge in [0.15, 0.2) is 0 Å². The fourth-order valence-corrected chi connectivity index (χ4v) is 3.47. The second kappa shape index (κ2) is 6.05. The van der Waals surface area contributed by atoms with Gasteiger partial charge in [-0.2, -0.15) is 5.10 Å². The molecule has 1 aliphatic carbocycles. The van der Waals surface area contributed by atoms with Gasteiger partial charge in [-0.15, -0.1) is 0 Å². The Balaban J connectivity index is 1.54. The molecule has 0 bridgehead atoms. The third-order valence-corrected chi connectivity index (χ3v) is 4.71. The zero-order valence-corrected chi connectivity index (χ0v) is 12.7. The molecule has 6 nitrogen and oxygen atoms in total. The fourth-order valence-electron chi connectivity index (χ4n) is 3.47. The maximum Gasteiger partial charge on any atom is 0.225 e. The van der Waals surface area contributed by atoms with Crippen LogP contribution in [-0.4, -0.2) is 52.8 Å². The molecule has 2 heterocycles. The highest BCUT2D eigenvalue weighted by atomic mass is 16.2. The number of piperazine rings is 1. The Labute approximate surface area is 125 Å². The summed E-state index contributed by atoms with van der Waals surface area (Å²) >= 11 is 0. The standard InChI is InChI=1S/C15H25N5O/c1-18-11-14(10-17-18)19-5-7-20(8-6-19)15(21)12-3-2-4-13(16)9-12/h10-13H,2-9,16H2,1H3/t12-,13-/m1/s1. The van der Waals surface area contributed by atoms with Gasteiger partial charge < -0.3 is 15.5 Å². The Bertz CT molecular complexity index is 492. The third-order valence-electron chi connectivity index (χ3n) is 4.71. The molecule has 0 radical (unpaired) electrons. The van der Waals surface area contributed by atoms with Crippen molar-refractivity contribution in [1.29, 1.82) is 0 Å². The highest BCUT2D eigenvalue weighted by Gasteiger charge is 2.30. The Morgan fingerprint density at radius 3 is 2.67 bits per heavy atom. The van der Waals surface area contributed by atoms with Crippen LogP contribution in [0.2, 0.25) is 0 Å². The number of aromatic nitrogens is 2. The van der Waals surface area contributed by atoms with E-state index in [1.807, 2.05) is 29.0 Å². The van der Waals surface area contributed by atoms with Gasteiger partial charge in [-0.1, -0.05) is 6.42 Å². The van der Waals surface area contributed by atoms with Gasteiger partial charge in [0.1, 0.15) is 0 Å². The van der Waals surface area contributed by atoms with Gasteiger partial charge in [-0.25, -0.2) is 0 Å². The van der Waals surface area contributed by atoms with Gasteiger partial charge in [0.25, 0.3) is 0 Å². The first-order valence-corrected chi connectivity index (χ1v) is 7.91. The minimum Gasteiger partial charge on any atom is -0.365 e. The maximum atomic E-state index is 12.6. The average Bonchev–Trinajstić information content (AvgIpc) is 2.93. The van der Waals surface area contributed by atoms with E-state index in [1.54, 1.807) is 0 Å². The Morgan fingerprint density at radius 2 is 2.05 bits per heavy atom. The summed E-state index contributed by atoms with van der Waals surface area (Å²) in [6.07, 6.45) is 7.94. The molecule has 3 rings (SSSR count). The van der Waals surface area contributed by atoms with Crippen molar-refractivity contribution in [2.24, 2.45) is 18.7 Å². The quantitative estimate of drug-likeness (QED) is 0.866. The van der Waals surface area contributed by atoms with Crippen LogP contribution in [0.15, 0.2) is 12.4 Å². The van der Waals surface area contributed by atoms with Gasteiger partial charge in [0, 0.05) is 51.4 Å². The number of anilines is 1. The molecule has 0 spiro atoms. The molecule has 0 aromatic carbocycles. The molecular formula is C15H25N5O. The molecule has 6 heteroatoms. The molecular weight excluding hydrogens is 266 g/mol. The minimum atomic E-state index is 0.152. The lowest BCUT2D eigenvalue weighted by Crippen LogP contribution is -2.51. The number of nitrogens with zero attached hydrogens (tertiary/aromatic N) is 4. The van der Waals surface area contributed by atoms with Crippen LogP contribution in [-0.2, 0) is 11.8 Å². The lowest BCUT2D eigenvalue weighted by atomic mass is 9.85. The molecule has 1 saturated carbocycles. The first kappa shape index (κ1) is 14.4. The second-order valence-corrected chi connectivity index (χ2v) is 6.31. The van der Waals surface area contributed by atoms with Crippen molar-refractivity contribution in [2.75, 3.05) is 31.1 Å². The topological polar surface area (TPSA) is 67.4 Å². The number of nitrogens with two attached hydrogens (primary N) is 1. The average molecular weight is 291 g/mol. The Kier molecular flexibility index (Phi) is 4.14. The van der Waals surface area contributed by atoms with Crippen molar-refractivity contribution < 1.29 is 4.79 Å². The number of hydrogen-bond acceptors (Lipinski definition) is 4. The lowest BCUT2D eigenvalue weighted by Gasteiger charge is -2.38. The fraction of sp³-hybridized carbons (Fsp3) is 0.733. The molecule has 2 atom stereocenters. The maximum absolute atomic E-state index is 12.6. The summed E-state index contributed by atoms with van der Waals surface area (Å²) < 4.78 is 1.82. The summed E-state index contributed by atoms with van der Waals surface area (Å²) in [6.45, 7) is 3.38. The van der Waals surface area contributed by atoms with E-state index in [1.165, 1.54) is 0 Å². The molecule has 2 aliphatic rings. The number of carbonyl (C=O) groups is 1. The first-order chi connectivity index (χ1) is 10.1. The zero-order valence-electron chi connectivity index (χ0n) is 12.7. The number of rotatable bonds is 2. The molecule has 1 saturated heterocycles. The van der Waals surface area contributed by atoms with Crippen molar-refractivity contribution in [3.8, 4) is 0 Å².